The average Bonchev–Trinajstić information content (AvgIpc) is 3.49. The summed E-state index contributed by atoms with van der Waals surface area (Å²) >= 11 is 6.30. The van der Waals surface area contributed by atoms with Crippen LogP contribution in [0.15, 0.2) is 60.8 Å². The minimum absolute atomic E-state index is 0.256. The number of imidazole rings is 1. The Morgan fingerprint density at radius 1 is 1.11 bits per heavy atom. The van der Waals surface area contributed by atoms with Crippen molar-refractivity contribution in [3.8, 4) is 22.6 Å². The van der Waals surface area contributed by atoms with Gasteiger partial charge in [0, 0.05) is 35.8 Å². The summed E-state index contributed by atoms with van der Waals surface area (Å²) in [5.74, 6) is 1.84. The summed E-state index contributed by atoms with van der Waals surface area (Å²) in [6, 6.07) is 15.0. The van der Waals surface area contributed by atoms with Crippen LogP contribution in [-0.4, -0.2) is 26.1 Å². The summed E-state index contributed by atoms with van der Waals surface area (Å²) in [4.78, 5) is 14.4. The third-order valence-electron chi connectivity index (χ3n) is 7.59. The Morgan fingerprint density at radius 3 is 2.82 bits per heavy atom. The molecule has 0 saturated heterocycles. The standard InChI is InChI=1S/C31H31ClFN5/c1-2-3-15-34-31-35-16-14-27(36-31)30-29(22-7-10-25(33)11-8-22)37-28-13-12-26(38(28)30)18-20-4-5-21-6-9-24(32)19-23(21)17-20/h4-11,14,16,19-20,26H,2-3,12-13,15,17-18H2,1H3,(H,34,35,36)/t20-,26?/m1/s1. The highest BCUT2D eigenvalue weighted by Crippen LogP contribution is 2.42. The zero-order chi connectivity index (χ0) is 26.1. The fraction of sp³-hybridized carbons (Fsp3) is 0.323. The van der Waals surface area contributed by atoms with Gasteiger partial charge in [-0.05, 0) is 85.2 Å². The van der Waals surface area contributed by atoms with Crippen molar-refractivity contribution in [3.05, 3.63) is 88.6 Å². The third kappa shape index (κ3) is 4.97. The van der Waals surface area contributed by atoms with Gasteiger partial charge in [-0.1, -0.05) is 43.2 Å². The van der Waals surface area contributed by atoms with E-state index in [2.05, 4.69) is 46.1 Å². The Labute approximate surface area is 227 Å². The maximum absolute atomic E-state index is 13.8. The fourth-order valence-electron chi connectivity index (χ4n) is 5.72. The van der Waals surface area contributed by atoms with Crippen molar-refractivity contribution in [2.24, 2.45) is 5.92 Å². The molecule has 194 valence electrons. The number of fused-ring (bicyclic) bond motifs is 2. The number of hydrogen-bond acceptors (Lipinski definition) is 4. The van der Waals surface area contributed by atoms with Crippen LogP contribution >= 0.6 is 11.6 Å². The zero-order valence-electron chi connectivity index (χ0n) is 21.5. The molecule has 1 unspecified atom stereocenters. The summed E-state index contributed by atoms with van der Waals surface area (Å²) in [7, 11) is 0. The SMILES string of the molecule is CCCCNc1nccc(-c2c(-c3ccc(F)cc3)nc3n2C(C[C@@H]2C=Cc4ccc(Cl)cc4C2)CC3)n1. The minimum Gasteiger partial charge on any atom is -0.354 e. The van der Waals surface area contributed by atoms with Gasteiger partial charge < -0.3 is 9.88 Å². The van der Waals surface area contributed by atoms with Crippen molar-refractivity contribution in [2.45, 2.75) is 51.5 Å². The van der Waals surface area contributed by atoms with Gasteiger partial charge in [-0.3, -0.25) is 0 Å². The van der Waals surface area contributed by atoms with Crippen molar-refractivity contribution in [3.63, 3.8) is 0 Å². The monoisotopic (exact) mass is 527 g/mol. The molecule has 0 fully saturated rings. The maximum atomic E-state index is 13.8. The van der Waals surface area contributed by atoms with Crippen LogP contribution in [0.25, 0.3) is 28.7 Å². The number of aryl methyl sites for hydroxylation is 1. The Kier molecular flexibility index (Phi) is 6.98. The molecule has 2 aromatic carbocycles. The Bertz CT molecular complexity index is 1480. The van der Waals surface area contributed by atoms with Crippen LogP contribution < -0.4 is 5.32 Å². The molecule has 2 aliphatic rings. The second-order valence-electron chi connectivity index (χ2n) is 10.2. The molecular weight excluding hydrogens is 497 g/mol. The number of nitrogens with zero attached hydrogens (tertiary/aromatic N) is 4. The average molecular weight is 528 g/mol. The number of unbranched alkanes of at least 4 members (excludes halogenated alkanes) is 1. The molecule has 2 aromatic heterocycles. The highest BCUT2D eigenvalue weighted by atomic mass is 35.5. The van der Waals surface area contributed by atoms with E-state index < -0.39 is 0 Å². The third-order valence-corrected chi connectivity index (χ3v) is 7.82. The van der Waals surface area contributed by atoms with Crippen molar-refractivity contribution in [1.29, 1.82) is 0 Å². The normalized spacial score (nSPS) is 17.9. The predicted octanol–water partition coefficient (Wildman–Crippen LogP) is 7.77. The smallest absolute Gasteiger partial charge is 0.223 e. The number of allylic oxidation sites excluding steroid dienone is 1. The van der Waals surface area contributed by atoms with E-state index in [4.69, 9.17) is 21.6 Å². The Balaban J connectivity index is 1.37. The molecule has 0 radical (unpaired) electrons. The molecule has 3 heterocycles. The first kappa shape index (κ1) is 24.8. The summed E-state index contributed by atoms with van der Waals surface area (Å²) in [6.07, 6.45) is 12.5. The highest BCUT2D eigenvalue weighted by Gasteiger charge is 2.32. The maximum Gasteiger partial charge on any atom is 0.223 e. The second-order valence-corrected chi connectivity index (χ2v) is 10.7. The molecule has 6 rings (SSSR count). The molecule has 1 aliphatic heterocycles. The molecule has 7 heteroatoms. The number of aromatic nitrogens is 4. The largest absolute Gasteiger partial charge is 0.354 e. The van der Waals surface area contributed by atoms with Gasteiger partial charge in [0.05, 0.1) is 17.1 Å². The van der Waals surface area contributed by atoms with E-state index in [0.29, 0.717) is 17.9 Å². The molecule has 0 bridgehead atoms. The lowest BCUT2D eigenvalue weighted by molar-refractivity contribution is 0.420. The van der Waals surface area contributed by atoms with Gasteiger partial charge >= 0.3 is 0 Å². The molecular formula is C31H31ClFN5. The van der Waals surface area contributed by atoms with Crippen LogP contribution in [0.2, 0.25) is 5.02 Å². The van der Waals surface area contributed by atoms with E-state index >= 15 is 0 Å². The topological polar surface area (TPSA) is 55.6 Å². The number of anilines is 1. The summed E-state index contributed by atoms with van der Waals surface area (Å²) in [5.41, 5.74) is 6.11. The van der Waals surface area contributed by atoms with Gasteiger partial charge in [0.15, 0.2) is 0 Å². The summed E-state index contributed by atoms with van der Waals surface area (Å²) < 4.78 is 16.2. The minimum atomic E-state index is -0.256. The first-order chi connectivity index (χ1) is 18.6. The van der Waals surface area contributed by atoms with Gasteiger partial charge in [0.1, 0.15) is 11.6 Å². The molecule has 0 spiro atoms. The summed E-state index contributed by atoms with van der Waals surface area (Å²) in [6.45, 7) is 3.00. The first-order valence-corrected chi connectivity index (χ1v) is 13.9. The van der Waals surface area contributed by atoms with Crippen LogP contribution in [0, 0.1) is 11.7 Å². The number of benzene rings is 2. The number of halogens is 2. The van der Waals surface area contributed by atoms with E-state index in [1.807, 2.05) is 12.1 Å². The van der Waals surface area contributed by atoms with Gasteiger partial charge in [0.25, 0.3) is 0 Å². The predicted molar refractivity (Wildman–Crippen MR) is 152 cm³/mol. The van der Waals surface area contributed by atoms with Gasteiger partial charge in [-0.2, -0.15) is 0 Å². The van der Waals surface area contributed by atoms with Crippen molar-refractivity contribution in [1.82, 2.24) is 19.5 Å². The van der Waals surface area contributed by atoms with E-state index in [1.165, 1.54) is 23.3 Å². The highest BCUT2D eigenvalue weighted by molar-refractivity contribution is 6.30. The molecule has 0 saturated carbocycles. The quantitative estimate of drug-likeness (QED) is 0.238. The zero-order valence-corrected chi connectivity index (χ0v) is 22.3. The van der Waals surface area contributed by atoms with E-state index in [0.717, 1.165) is 78.6 Å². The molecule has 38 heavy (non-hydrogen) atoms. The molecule has 0 amide bonds. The van der Waals surface area contributed by atoms with Crippen LogP contribution in [0.5, 0.6) is 0 Å². The Morgan fingerprint density at radius 2 is 1.97 bits per heavy atom. The van der Waals surface area contributed by atoms with Gasteiger partial charge in [-0.15, -0.1) is 0 Å². The summed E-state index contributed by atoms with van der Waals surface area (Å²) in [5, 5.41) is 4.14. The number of hydrogen-bond donors (Lipinski definition) is 1. The molecule has 1 N–H and O–H groups in total. The van der Waals surface area contributed by atoms with Crippen LogP contribution in [0.3, 0.4) is 0 Å². The second kappa shape index (κ2) is 10.7. The number of nitrogens with one attached hydrogen (secondary N) is 1. The lowest BCUT2D eigenvalue weighted by atomic mass is 9.85. The van der Waals surface area contributed by atoms with E-state index in [9.17, 15) is 4.39 Å². The fourth-order valence-corrected chi connectivity index (χ4v) is 5.91. The van der Waals surface area contributed by atoms with Crippen LogP contribution in [0.1, 0.15) is 55.6 Å². The van der Waals surface area contributed by atoms with Crippen molar-refractivity contribution < 1.29 is 4.39 Å². The van der Waals surface area contributed by atoms with Crippen LogP contribution in [-0.2, 0) is 12.8 Å². The first-order valence-electron chi connectivity index (χ1n) is 13.5. The van der Waals surface area contributed by atoms with Gasteiger partial charge in [0.2, 0.25) is 5.95 Å². The number of rotatable bonds is 8. The van der Waals surface area contributed by atoms with Crippen LogP contribution in [0.4, 0.5) is 10.3 Å². The lowest BCUT2D eigenvalue weighted by Crippen LogP contribution is -2.15. The van der Waals surface area contributed by atoms with Crippen molar-refractivity contribution in [2.75, 3.05) is 11.9 Å². The van der Waals surface area contributed by atoms with Crippen molar-refractivity contribution >= 4 is 23.6 Å². The van der Waals surface area contributed by atoms with E-state index in [1.54, 1.807) is 18.3 Å². The van der Waals surface area contributed by atoms with E-state index in [-0.39, 0.29) is 5.82 Å². The van der Waals surface area contributed by atoms with Gasteiger partial charge in [-0.25, -0.2) is 19.3 Å². The molecule has 1 aliphatic carbocycles. The molecule has 5 nitrogen and oxygen atoms in total. The lowest BCUT2D eigenvalue weighted by Gasteiger charge is -2.25. The molecule has 4 aromatic rings. The Hall–Kier alpha value is -3.51. The molecule has 2 atom stereocenters.